The molecule has 0 bridgehead atoms. The second-order valence-electron chi connectivity index (χ2n) is 4.25. The van der Waals surface area contributed by atoms with Crippen LogP contribution in [0.15, 0.2) is 60.7 Å². The van der Waals surface area contributed by atoms with E-state index in [0.29, 0.717) is 5.56 Å². The first-order chi connectivity index (χ1) is 9.13. The van der Waals surface area contributed by atoms with Crippen LogP contribution in [0.1, 0.15) is 18.1 Å². The lowest BCUT2D eigenvalue weighted by atomic mass is 9.90. The van der Waals surface area contributed by atoms with Gasteiger partial charge in [-0.2, -0.15) is 0 Å². The largest absolute Gasteiger partial charge is 0.367 e. The number of Topliss-reactive ketones (excluding diaryl/α,β-unsaturated/α-hetero) is 1. The molecule has 0 unspecified atom stereocenters. The van der Waals surface area contributed by atoms with Crippen LogP contribution in [0.4, 0.5) is 0 Å². The Bertz CT molecular complexity index is 621. The van der Waals surface area contributed by atoms with E-state index in [1.165, 1.54) is 6.92 Å². The molecule has 2 nitrogen and oxygen atoms in total. The van der Waals surface area contributed by atoms with Crippen molar-refractivity contribution in [3.63, 3.8) is 0 Å². The standard InChI is InChI=1S/C17H14O2/c1-14(18)17(19,16-10-6-3-7-11-16)13-12-15-8-4-2-5-9-15/h2-11,19H,1H3/t17-/m0/s1. The molecular formula is C17H14O2. The molecule has 0 fully saturated rings. The molecular weight excluding hydrogens is 236 g/mol. The summed E-state index contributed by atoms with van der Waals surface area (Å²) in [6.07, 6.45) is 0. The van der Waals surface area contributed by atoms with Gasteiger partial charge in [0.2, 0.25) is 5.60 Å². The van der Waals surface area contributed by atoms with Gasteiger partial charge in [-0.3, -0.25) is 4.79 Å². The summed E-state index contributed by atoms with van der Waals surface area (Å²) in [5, 5.41) is 10.5. The molecule has 0 spiro atoms. The van der Waals surface area contributed by atoms with E-state index in [1.54, 1.807) is 24.3 Å². The molecule has 2 aromatic rings. The quantitative estimate of drug-likeness (QED) is 0.831. The van der Waals surface area contributed by atoms with Crippen LogP contribution < -0.4 is 0 Å². The smallest absolute Gasteiger partial charge is 0.210 e. The van der Waals surface area contributed by atoms with Crippen LogP contribution in [-0.4, -0.2) is 10.9 Å². The number of hydrogen-bond donors (Lipinski definition) is 1. The topological polar surface area (TPSA) is 37.3 Å². The lowest BCUT2D eigenvalue weighted by Crippen LogP contribution is -2.32. The van der Waals surface area contributed by atoms with Crippen LogP contribution in [-0.2, 0) is 10.4 Å². The van der Waals surface area contributed by atoms with Crippen molar-refractivity contribution in [2.75, 3.05) is 0 Å². The molecule has 2 rings (SSSR count). The van der Waals surface area contributed by atoms with Gasteiger partial charge in [-0.1, -0.05) is 54.5 Å². The summed E-state index contributed by atoms with van der Waals surface area (Å²) in [5.74, 6) is 5.14. The number of carbonyl (C=O) groups excluding carboxylic acids is 1. The predicted octanol–water partition coefficient (Wildman–Crippen LogP) is 2.51. The van der Waals surface area contributed by atoms with Gasteiger partial charge in [0.15, 0.2) is 5.78 Å². The highest BCUT2D eigenvalue weighted by Gasteiger charge is 2.32. The Morgan fingerprint density at radius 3 is 2.05 bits per heavy atom. The number of aliphatic hydroxyl groups is 1. The number of ketones is 1. The first-order valence-electron chi connectivity index (χ1n) is 6.00. The first kappa shape index (κ1) is 13.1. The van der Waals surface area contributed by atoms with Crippen molar-refractivity contribution in [2.24, 2.45) is 0 Å². The van der Waals surface area contributed by atoms with Crippen molar-refractivity contribution in [3.8, 4) is 11.8 Å². The Morgan fingerprint density at radius 1 is 1.00 bits per heavy atom. The molecule has 0 saturated heterocycles. The molecule has 2 heteroatoms. The summed E-state index contributed by atoms with van der Waals surface area (Å²) < 4.78 is 0. The zero-order valence-corrected chi connectivity index (χ0v) is 10.6. The Balaban J connectivity index is 2.43. The van der Waals surface area contributed by atoms with Gasteiger partial charge in [-0.15, -0.1) is 0 Å². The van der Waals surface area contributed by atoms with E-state index in [2.05, 4.69) is 11.8 Å². The van der Waals surface area contributed by atoms with Crippen LogP contribution in [0, 0.1) is 11.8 Å². The van der Waals surface area contributed by atoms with Crippen LogP contribution in [0.5, 0.6) is 0 Å². The molecule has 0 aromatic heterocycles. The van der Waals surface area contributed by atoms with Crippen LogP contribution in [0.2, 0.25) is 0 Å². The molecule has 94 valence electrons. The number of rotatable bonds is 2. The van der Waals surface area contributed by atoms with Crippen LogP contribution in [0.3, 0.4) is 0 Å². The molecule has 19 heavy (non-hydrogen) atoms. The summed E-state index contributed by atoms with van der Waals surface area (Å²) in [5.41, 5.74) is -0.499. The normalized spacial score (nSPS) is 12.9. The maximum atomic E-state index is 11.7. The Labute approximate surface area is 112 Å². The highest BCUT2D eigenvalue weighted by molar-refractivity contribution is 5.89. The number of benzene rings is 2. The molecule has 0 aliphatic heterocycles. The van der Waals surface area contributed by atoms with Gasteiger partial charge in [0.25, 0.3) is 0 Å². The SMILES string of the molecule is CC(=O)[C@@](O)(C#Cc1ccccc1)c1ccccc1. The second kappa shape index (κ2) is 5.51. The first-order valence-corrected chi connectivity index (χ1v) is 6.00. The van der Waals surface area contributed by atoms with E-state index in [0.717, 1.165) is 5.56 Å². The summed E-state index contributed by atoms with van der Waals surface area (Å²) in [4.78, 5) is 11.7. The average molecular weight is 250 g/mol. The lowest BCUT2D eigenvalue weighted by molar-refractivity contribution is -0.130. The maximum absolute atomic E-state index is 11.7. The monoisotopic (exact) mass is 250 g/mol. The fourth-order valence-corrected chi connectivity index (χ4v) is 1.73. The summed E-state index contributed by atoms with van der Waals surface area (Å²) in [6.45, 7) is 1.34. The van der Waals surface area contributed by atoms with Crippen LogP contribution >= 0.6 is 0 Å². The van der Waals surface area contributed by atoms with Gasteiger partial charge in [0.05, 0.1) is 0 Å². The zero-order valence-electron chi connectivity index (χ0n) is 10.6. The predicted molar refractivity (Wildman–Crippen MR) is 74.3 cm³/mol. The third kappa shape index (κ3) is 2.90. The van der Waals surface area contributed by atoms with E-state index in [4.69, 9.17) is 0 Å². The molecule has 0 amide bonds. The third-order valence-corrected chi connectivity index (χ3v) is 2.86. The van der Waals surface area contributed by atoms with Gasteiger partial charge >= 0.3 is 0 Å². The number of hydrogen-bond acceptors (Lipinski definition) is 2. The molecule has 0 radical (unpaired) electrons. The Morgan fingerprint density at radius 2 is 1.53 bits per heavy atom. The minimum absolute atomic E-state index is 0.387. The zero-order chi connectivity index (χ0) is 13.7. The van der Waals surface area contributed by atoms with E-state index in [-0.39, 0.29) is 5.78 Å². The third-order valence-electron chi connectivity index (χ3n) is 2.86. The van der Waals surface area contributed by atoms with E-state index >= 15 is 0 Å². The fraction of sp³-hybridized carbons (Fsp3) is 0.118. The van der Waals surface area contributed by atoms with Crippen molar-refractivity contribution in [2.45, 2.75) is 12.5 Å². The molecule has 1 atom stereocenters. The summed E-state index contributed by atoms with van der Waals surface area (Å²) in [7, 11) is 0. The summed E-state index contributed by atoms with van der Waals surface area (Å²) >= 11 is 0. The van der Waals surface area contributed by atoms with Gasteiger partial charge in [-0.05, 0) is 25.0 Å². The van der Waals surface area contributed by atoms with Crippen molar-refractivity contribution >= 4 is 5.78 Å². The van der Waals surface area contributed by atoms with Crippen molar-refractivity contribution in [1.29, 1.82) is 0 Å². The van der Waals surface area contributed by atoms with Crippen molar-refractivity contribution in [3.05, 3.63) is 71.8 Å². The van der Waals surface area contributed by atoms with Crippen LogP contribution in [0.25, 0.3) is 0 Å². The van der Waals surface area contributed by atoms with Crippen molar-refractivity contribution in [1.82, 2.24) is 0 Å². The number of carbonyl (C=O) groups is 1. The Hall–Kier alpha value is -2.37. The molecule has 0 aliphatic carbocycles. The highest BCUT2D eigenvalue weighted by atomic mass is 16.3. The van der Waals surface area contributed by atoms with E-state index < -0.39 is 5.60 Å². The minimum atomic E-state index is -1.75. The van der Waals surface area contributed by atoms with Crippen molar-refractivity contribution < 1.29 is 9.90 Å². The second-order valence-corrected chi connectivity index (χ2v) is 4.25. The van der Waals surface area contributed by atoms with E-state index in [1.807, 2.05) is 36.4 Å². The lowest BCUT2D eigenvalue weighted by Gasteiger charge is -2.19. The highest BCUT2D eigenvalue weighted by Crippen LogP contribution is 2.21. The summed E-state index contributed by atoms with van der Waals surface area (Å²) in [6, 6.07) is 18.0. The van der Waals surface area contributed by atoms with Gasteiger partial charge in [0.1, 0.15) is 0 Å². The minimum Gasteiger partial charge on any atom is -0.367 e. The Kier molecular flexibility index (Phi) is 3.79. The average Bonchev–Trinajstić information content (AvgIpc) is 2.46. The molecule has 0 aliphatic rings. The fourth-order valence-electron chi connectivity index (χ4n) is 1.73. The molecule has 1 N–H and O–H groups in total. The van der Waals surface area contributed by atoms with Gasteiger partial charge < -0.3 is 5.11 Å². The molecule has 0 heterocycles. The van der Waals surface area contributed by atoms with Gasteiger partial charge in [0, 0.05) is 11.1 Å². The van der Waals surface area contributed by atoms with E-state index in [9.17, 15) is 9.90 Å². The molecule has 2 aromatic carbocycles. The maximum Gasteiger partial charge on any atom is 0.210 e. The molecule has 0 saturated carbocycles. The van der Waals surface area contributed by atoms with Gasteiger partial charge in [-0.25, -0.2) is 0 Å².